The second kappa shape index (κ2) is 6.24. The lowest BCUT2D eigenvalue weighted by atomic mass is 9.99. The Morgan fingerprint density at radius 2 is 1.90 bits per heavy atom. The Balaban J connectivity index is 0.00000147. The average molecular weight is 296 g/mol. The highest BCUT2D eigenvalue weighted by Crippen LogP contribution is 2.34. The molecule has 1 aromatic carbocycles. The second-order valence-corrected chi connectivity index (χ2v) is 4.98. The van der Waals surface area contributed by atoms with Crippen molar-refractivity contribution in [2.45, 2.75) is 37.8 Å². The van der Waals surface area contributed by atoms with E-state index in [1.165, 1.54) is 0 Å². The van der Waals surface area contributed by atoms with Crippen LogP contribution in [0.25, 0.3) is 0 Å². The van der Waals surface area contributed by atoms with Gasteiger partial charge in [0.15, 0.2) is 12.4 Å². The first-order chi connectivity index (χ1) is 9.26. The second-order valence-electron chi connectivity index (χ2n) is 4.98. The molecule has 3 rings (SSSR count). The molecule has 108 valence electrons. The third kappa shape index (κ3) is 3.11. The van der Waals surface area contributed by atoms with Gasteiger partial charge in [-0.25, -0.2) is 0 Å². The van der Waals surface area contributed by atoms with Gasteiger partial charge in [-0.2, -0.15) is 4.98 Å². The minimum Gasteiger partial charge on any atom is -0.484 e. The SMILES string of the molecule is Cl.NC1(c2noc(COc3ccccc3)n2)CCCC1. The number of hydrogen-bond donors (Lipinski definition) is 1. The molecule has 1 heterocycles. The van der Waals surface area contributed by atoms with Gasteiger partial charge in [-0.1, -0.05) is 36.2 Å². The summed E-state index contributed by atoms with van der Waals surface area (Å²) >= 11 is 0. The number of nitrogens with zero attached hydrogens (tertiary/aromatic N) is 2. The highest BCUT2D eigenvalue weighted by atomic mass is 35.5. The summed E-state index contributed by atoms with van der Waals surface area (Å²) in [6.45, 7) is 0.271. The Hall–Kier alpha value is -1.59. The van der Waals surface area contributed by atoms with E-state index in [1.807, 2.05) is 30.3 Å². The van der Waals surface area contributed by atoms with Crippen molar-refractivity contribution in [2.75, 3.05) is 0 Å². The zero-order chi connectivity index (χ0) is 13.1. The molecule has 2 N–H and O–H groups in total. The molecule has 20 heavy (non-hydrogen) atoms. The maximum Gasteiger partial charge on any atom is 0.264 e. The third-order valence-corrected chi connectivity index (χ3v) is 3.51. The molecule has 1 aliphatic carbocycles. The molecule has 0 atom stereocenters. The molecule has 0 radical (unpaired) electrons. The highest BCUT2D eigenvalue weighted by Gasteiger charge is 2.35. The predicted octanol–water partition coefficient (Wildman–Crippen LogP) is 2.80. The zero-order valence-electron chi connectivity index (χ0n) is 11.1. The van der Waals surface area contributed by atoms with Crippen molar-refractivity contribution in [2.24, 2.45) is 5.73 Å². The van der Waals surface area contributed by atoms with Crippen molar-refractivity contribution in [3.05, 3.63) is 42.0 Å². The number of hydrogen-bond acceptors (Lipinski definition) is 5. The average Bonchev–Trinajstić information content (AvgIpc) is 3.07. The van der Waals surface area contributed by atoms with E-state index in [9.17, 15) is 0 Å². The molecule has 0 aliphatic heterocycles. The van der Waals surface area contributed by atoms with Gasteiger partial charge in [0.05, 0.1) is 5.54 Å². The first-order valence-electron chi connectivity index (χ1n) is 6.56. The molecule has 0 bridgehead atoms. The number of rotatable bonds is 4. The Morgan fingerprint density at radius 3 is 2.60 bits per heavy atom. The van der Waals surface area contributed by atoms with E-state index in [-0.39, 0.29) is 19.0 Å². The van der Waals surface area contributed by atoms with Crippen LogP contribution >= 0.6 is 12.4 Å². The van der Waals surface area contributed by atoms with Gasteiger partial charge in [0, 0.05) is 0 Å². The summed E-state index contributed by atoms with van der Waals surface area (Å²) in [5, 5.41) is 3.99. The van der Waals surface area contributed by atoms with Crippen molar-refractivity contribution in [1.82, 2.24) is 10.1 Å². The van der Waals surface area contributed by atoms with Crippen molar-refractivity contribution >= 4 is 12.4 Å². The molecular formula is C14H18ClN3O2. The van der Waals surface area contributed by atoms with Crippen LogP contribution in [-0.4, -0.2) is 10.1 Å². The van der Waals surface area contributed by atoms with Crippen molar-refractivity contribution < 1.29 is 9.26 Å². The Labute approximate surface area is 123 Å². The van der Waals surface area contributed by atoms with E-state index in [2.05, 4.69) is 10.1 Å². The Kier molecular flexibility index (Phi) is 4.62. The summed E-state index contributed by atoms with van der Waals surface area (Å²) in [7, 11) is 0. The third-order valence-electron chi connectivity index (χ3n) is 3.51. The summed E-state index contributed by atoms with van der Waals surface area (Å²) in [5.74, 6) is 1.86. The molecule has 1 fully saturated rings. The fourth-order valence-corrected chi connectivity index (χ4v) is 2.41. The smallest absolute Gasteiger partial charge is 0.264 e. The van der Waals surface area contributed by atoms with E-state index < -0.39 is 5.54 Å². The molecule has 6 heteroatoms. The molecule has 0 unspecified atom stereocenters. The van der Waals surface area contributed by atoms with Gasteiger partial charge < -0.3 is 15.0 Å². The van der Waals surface area contributed by atoms with Crippen LogP contribution < -0.4 is 10.5 Å². The summed E-state index contributed by atoms with van der Waals surface area (Å²) < 4.78 is 10.8. The van der Waals surface area contributed by atoms with Crippen LogP contribution in [0, 0.1) is 0 Å². The summed E-state index contributed by atoms with van der Waals surface area (Å²) in [6, 6.07) is 9.55. The topological polar surface area (TPSA) is 74.2 Å². The number of benzene rings is 1. The van der Waals surface area contributed by atoms with E-state index in [4.69, 9.17) is 15.0 Å². The van der Waals surface area contributed by atoms with E-state index in [0.29, 0.717) is 11.7 Å². The van der Waals surface area contributed by atoms with Crippen LogP contribution in [0.4, 0.5) is 0 Å². The monoisotopic (exact) mass is 295 g/mol. The lowest BCUT2D eigenvalue weighted by Gasteiger charge is -2.17. The van der Waals surface area contributed by atoms with Crippen LogP contribution in [-0.2, 0) is 12.1 Å². The lowest BCUT2D eigenvalue weighted by molar-refractivity contribution is 0.241. The Bertz CT molecular complexity index is 538. The summed E-state index contributed by atoms with van der Waals surface area (Å²) in [5.41, 5.74) is 5.87. The molecular weight excluding hydrogens is 278 g/mol. The first kappa shape index (κ1) is 14.8. The normalized spacial score (nSPS) is 16.6. The van der Waals surface area contributed by atoms with Crippen LogP contribution in [0.5, 0.6) is 5.75 Å². The lowest BCUT2D eigenvalue weighted by Crippen LogP contribution is -2.34. The number of para-hydroxylation sites is 1. The first-order valence-corrected chi connectivity index (χ1v) is 6.56. The van der Waals surface area contributed by atoms with Crippen molar-refractivity contribution in [1.29, 1.82) is 0 Å². The number of ether oxygens (including phenoxy) is 1. The van der Waals surface area contributed by atoms with Crippen LogP contribution in [0.1, 0.15) is 37.4 Å². The number of aromatic nitrogens is 2. The predicted molar refractivity (Wildman–Crippen MR) is 76.7 cm³/mol. The quantitative estimate of drug-likeness (QED) is 0.939. The molecule has 1 aliphatic rings. The molecule has 2 aromatic rings. The van der Waals surface area contributed by atoms with Gasteiger partial charge in [-0.05, 0) is 25.0 Å². The van der Waals surface area contributed by atoms with Gasteiger partial charge in [0.25, 0.3) is 5.89 Å². The van der Waals surface area contributed by atoms with E-state index in [0.717, 1.165) is 31.4 Å². The largest absolute Gasteiger partial charge is 0.484 e. The summed E-state index contributed by atoms with van der Waals surface area (Å²) in [4.78, 5) is 4.35. The van der Waals surface area contributed by atoms with E-state index in [1.54, 1.807) is 0 Å². The maximum absolute atomic E-state index is 6.28. The van der Waals surface area contributed by atoms with Gasteiger partial charge in [-0.3, -0.25) is 0 Å². The fraction of sp³-hybridized carbons (Fsp3) is 0.429. The van der Waals surface area contributed by atoms with Crippen molar-refractivity contribution in [3.8, 4) is 5.75 Å². The van der Waals surface area contributed by atoms with Crippen LogP contribution in [0.15, 0.2) is 34.9 Å². The number of nitrogens with two attached hydrogens (primary N) is 1. The Morgan fingerprint density at radius 1 is 1.20 bits per heavy atom. The van der Waals surface area contributed by atoms with Gasteiger partial charge in [0.2, 0.25) is 0 Å². The van der Waals surface area contributed by atoms with Crippen LogP contribution in [0.3, 0.4) is 0 Å². The maximum atomic E-state index is 6.28. The summed E-state index contributed by atoms with van der Waals surface area (Å²) in [6.07, 6.45) is 4.10. The van der Waals surface area contributed by atoms with Gasteiger partial charge in [0.1, 0.15) is 5.75 Å². The minimum absolute atomic E-state index is 0. The van der Waals surface area contributed by atoms with E-state index >= 15 is 0 Å². The molecule has 5 nitrogen and oxygen atoms in total. The molecule has 1 aromatic heterocycles. The standard InChI is InChI=1S/C14H17N3O2.ClH/c15-14(8-4-5-9-14)13-16-12(19-17-13)10-18-11-6-2-1-3-7-11;/h1-3,6-7H,4-5,8-10,15H2;1H. The van der Waals surface area contributed by atoms with Crippen LogP contribution in [0.2, 0.25) is 0 Å². The molecule has 0 spiro atoms. The molecule has 0 amide bonds. The fourth-order valence-electron chi connectivity index (χ4n) is 2.41. The van der Waals surface area contributed by atoms with Gasteiger partial charge >= 0.3 is 0 Å². The minimum atomic E-state index is -0.408. The van der Waals surface area contributed by atoms with Crippen molar-refractivity contribution in [3.63, 3.8) is 0 Å². The zero-order valence-corrected chi connectivity index (χ0v) is 11.9. The molecule has 1 saturated carbocycles. The molecule has 0 saturated heterocycles. The van der Waals surface area contributed by atoms with Gasteiger partial charge in [-0.15, -0.1) is 12.4 Å². The highest BCUT2D eigenvalue weighted by molar-refractivity contribution is 5.85. The number of halogens is 1.